The molecule has 6 nitrogen and oxygen atoms in total. The lowest BCUT2D eigenvalue weighted by molar-refractivity contribution is -0.122. The monoisotopic (exact) mass is 372 g/mol. The number of nitrogens with zero attached hydrogens (tertiary/aromatic N) is 1. The zero-order valence-electron chi connectivity index (χ0n) is 16.5. The molecule has 1 amide bonds. The molecule has 2 aromatic rings. The van der Waals surface area contributed by atoms with E-state index in [4.69, 9.17) is 14.2 Å². The first-order valence-corrected chi connectivity index (χ1v) is 8.92. The molecule has 1 N–H and O–H groups in total. The van der Waals surface area contributed by atoms with E-state index in [1.165, 1.54) is 0 Å². The van der Waals surface area contributed by atoms with Crippen molar-refractivity contribution in [2.24, 2.45) is 0 Å². The highest BCUT2D eigenvalue weighted by molar-refractivity contribution is 5.78. The van der Waals surface area contributed by atoms with Crippen LogP contribution in [0.1, 0.15) is 18.1 Å². The van der Waals surface area contributed by atoms with Gasteiger partial charge in [-0.05, 0) is 41.9 Å². The van der Waals surface area contributed by atoms with Crippen molar-refractivity contribution in [3.05, 3.63) is 53.6 Å². The molecule has 6 heteroatoms. The second-order valence-electron chi connectivity index (χ2n) is 6.12. The molecule has 2 aromatic carbocycles. The number of hydrogen-bond donors (Lipinski definition) is 1. The fourth-order valence-electron chi connectivity index (χ4n) is 2.76. The molecule has 0 saturated heterocycles. The predicted octanol–water partition coefficient (Wildman–Crippen LogP) is 2.85. The summed E-state index contributed by atoms with van der Waals surface area (Å²) in [6, 6.07) is 13.5. The molecule has 0 fully saturated rings. The van der Waals surface area contributed by atoms with Crippen molar-refractivity contribution in [1.29, 1.82) is 0 Å². The number of carbonyl (C=O) groups is 1. The molecule has 0 aliphatic rings. The number of benzene rings is 2. The van der Waals surface area contributed by atoms with Gasteiger partial charge >= 0.3 is 0 Å². The number of likely N-dealkylation sites (N-methyl/N-ethyl adjacent to an activating group) is 1. The van der Waals surface area contributed by atoms with E-state index in [1.807, 2.05) is 49.4 Å². The molecule has 0 bridgehead atoms. The number of ether oxygens (including phenoxy) is 3. The lowest BCUT2D eigenvalue weighted by Gasteiger charge is -2.20. The minimum atomic E-state index is -0.0138. The van der Waals surface area contributed by atoms with Crippen LogP contribution in [0.3, 0.4) is 0 Å². The lowest BCUT2D eigenvalue weighted by Crippen LogP contribution is -2.36. The van der Waals surface area contributed by atoms with Crippen molar-refractivity contribution in [2.45, 2.75) is 20.0 Å². The van der Waals surface area contributed by atoms with E-state index in [1.54, 1.807) is 21.3 Å². The summed E-state index contributed by atoms with van der Waals surface area (Å²) in [6.07, 6.45) is 0. The van der Waals surface area contributed by atoms with Crippen molar-refractivity contribution < 1.29 is 19.0 Å². The normalized spacial score (nSPS) is 10.6. The van der Waals surface area contributed by atoms with Crippen LogP contribution in [-0.4, -0.2) is 45.2 Å². The zero-order chi connectivity index (χ0) is 19.6. The van der Waals surface area contributed by atoms with E-state index in [9.17, 15) is 4.79 Å². The summed E-state index contributed by atoms with van der Waals surface area (Å²) in [6.45, 7) is 4.26. The van der Waals surface area contributed by atoms with Gasteiger partial charge in [-0.2, -0.15) is 0 Å². The Morgan fingerprint density at radius 1 is 0.963 bits per heavy atom. The summed E-state index contributed by atoms with van der Waals surface area (Å²) >= 11 is 0. The van der Waals surface area contributed by atoms with Gasteiger partial charge in [0.05, 0.1) is 27.9 Å². The highest BCUT2D eigenvalue weighted by atomic mass is 16.5. The number of hydrogen-bond acceptors (Lipinski definition) is 5. The molecule has 0 atom stereocenters. The number of methoxy groups -OCH3 is 3. The molecule has 0 saturated carbocycles. The van der Waals surface area contributed by atoms with Gasteiger partial charge in [0.2, 0.25) is 5.91 Å². The summed E-state index contributed by atoms with van der Waals surface area (Å²) < 4.78 is 15.8. The van der Waals surface area contributed by atoms with Crippen LogP contribution in [0.2, 0.25) is 0 Å². The highest BCUT2D eigenvalue weighted by Crippen LogP contribution is 2.28. The minimum absolute atomic E-state index is 0.0138. The van der Waals surface area contributed by atoms with Gasteiger partial charge in [-0.15, -0.1) is 0 Å². The number of rotatable bonds is 10. The molecule has 27 heavy (non-hydrogen) atoms. The molecule has 0 aromatic heterocycles. The Morgan fingerprint density at radius 2 is 1.74 bits per heavy atom. The first-order chi connectivity index (χ1) is 13.1. The largest absolute Gasteiger partial charge is 0.497 e. The maximum atomic E-state index is 12.3. The summed E-state index contributed by atoms with van der Waals surface area (Å²) in [5, 5.41) is 2.96. The predicted molar refractivity (Wildman–Crippen MR) is 105 cm³/mol. The molecule has 0 heterocycles. The van der Waals surface area contributed by atoms with Gasteiger partial charge in [0, 0.05) is 13.1 Å². The quantitative estimate of drug-likeness (QED) is 0.695. The van der Waals surface area contributed by atoms with Crippen molar-refractivity contribution in [1.82, 2.24) is 10.2 Å². The van der Waals surface area contributed by atoms with Crippen molar-refractivity contribution in [3.63, 3.8) is 0 Å². The SMILES string of the molecule is CCN(CC(=O)NCc1cccc(OC)c1)Cc1ccc(OC)c(OC)c1. The smallest absolute Gasteiger partial charge is 0.234 e. The molecule has 0 unspecified atom stereocenters. The maximum Gasteiger partial charge on any atom is 0.234 e. The zero-order valence-corrected chi connectivity index (χ0v) is 16.5. The Balaban J connectivity index is 1.90. The maximum absolute atomic E-state index is 12.3. The van der Waals surface area contributed by atoms with Gasteiger partial charge < -0.3 is 19.5 Å². The van der Waals surface area contributed by atoms with E-state index >= 15 is 0 Å². The fourth-order valence-corrected chi connectivity index (χ4v) is 2.76. The van der Waals surface area contributed by atoms with Crippen LogP contribution in [0, 0.1) is 0 Å². The highest BCUT2D eigenvalue weighted by Gasteiger charge is 2.12. The molecule has 0 spiro atoms. The third-order valence-electron chi connectivity index (χ3n) is 4.29. The molecular formula is C21H28N2O4. The lowest BCUT2D eigenvalue weighted by atomic mass is 10.2. The van der Waals surface area contributed by atoms with E-state index < -0.39 is 0 Å². The summed E-state index contributed by atoms with van der Waals surface area (Å²) in [7, 11) is 4.86. The molecule has 0 radical (unpaired) electrons. The van der Waals surface area contributed by atoms with Crippen LogP contribution in [0.25, 0.3) is 0 Å². The number of carbonyl (C=O) groups excluding carboxylic acids is 1. The standard InChI is InChI=1S/C21H28N2O4/c1-5-23(14-17-9-10-19(26-3)20(12-17)27-4)15-21(24)22-13-16-7-6-8-18(11-16)25-2/h6-12H,5,13-15H2,1-4H3,(H,22,24). The van der Waals surface area contributed by atoms with Crippen LogP contribution in [0.4, 0.5) is 0 Å². The van der Waals surface area contributed by atoms with E-state index in [0.717, 1.165) is 23.4 Å². The Morgan fingerprint density at radius 3 is 2.41 bits per heavy atom. The van der Waals surface area contributed by atoms with E-state index in [0.29, 0.717) is 31.1 Å². The average Bonchev–Trinajstić information content (AvgIpc) is 2.71. The molecule has 146 valence electrons. The first-order valence-electron chi connectivity index (χ1n) is 8.92. The van der Waals surface area contributed by atoms with Crippen LogP contribution in [-0.2, 0) is 17.9 Å². The first kappa shape index (κ1) is 20.6. The van der Waals surface area contributed by atoms with Gasteiger partial charge in [0.25, 0.3) is 0 Å². The fraction of sp³-hybridized carbons (Fsp3) is 0.381. The van der Waals surface area contributed by atoms with E-state index in [2.05, 4.69) is 10.2 Å². The number of nitrogens with one attached hydrogen (secondary N) is 1. The molecule has 2 rings (SSSR count). The van der Waals surface area contributed by atoms with Crippen LogP contribution in [0.15, 0.2) is 42.5 Å². The van der Waals surface area contributed by atoms with Crippen molar-refractivity contribution in [2.75, 3.05) is 34.4 Å². The summed E-state index contributed by atoms with van der Waals surface area (Å²) in [5.74, 6) is 2.15. The van der Waals surface area contributed by atoms with Gasteiger partial charge in [0.1, 0.15) is 5.75 Å². The van der Waals surface area contributed by atoms with Gasteiger partial charge in [-0.1, -0.05) is 25.1 Å². The third-order valence-corrected chi connectivity index (χ3v) is 4.29. The molecule has 0 aliphatic heterocycles. The van der Waals surface area contributed by atoms with Crippen LogP contribution >= 0.6 is 0 Å². The average molecular weight is 372 g/mol. The van der Waals surface area contributed by atoms with Gasteiger partial charge in [-0.25, -0.2) is 0 Å². The van der Waals surface area contributed by atoms with Crippen molar-refractivity contribution in [3.8, 4) is 17.2 Å². The Labute approximate surface area is 161 Å². The van der Waals surface area contributed by atoms with Crippen LogP contribution < -0.4 is 19.5 Å². The Bertz CT molecular complexity index is 749. The minimum Gasteiger partial charge on any atom is -0.497 e. The van der Waals surface area contributed by atoms with Gasteiger partial charge in [-0.3, -0.25) is 9.69 Å². The second kappa shape index (κ2) is 10.4. The topological polar surface area (TPSA) is 60.0 Å². The van der Waals surface area contributed by atoms with Crippen LogP contribution in [0.5, 0.6) is 17.2 Å². The molecular weight excluding hydrogens is 344 g/mol. The number of amides is 1. The van der Waals surface area contributed by atoms with E-state index in [-0.39, 0.29) is 5.91 Å². The summed E-state index contributed by atoms with van der Waals surface area (Å²) in [5.41, 5.74) is 2.07. The Kier molecular flexibility index (Phi) is 7.95. The van der Waals surface area contributed by atoms with Gasteiger partial charge in [0.15, 0.2) is 11.5 Å². The molecule has 0 aliphatic carbocycles. The second-order valence-corrected chi connectivity index (χ2v) is 6.12. The Hall–Kier alpha value is -2.73. The third kappa shape index (κ3) is 6.18. The van der Waals surface area contributed by atoms with Crippen molar-refractivity contribution >= 4 is 5.91 Å². The summed E-state index contributed by atoms with van der Waals surface area (Å²) in [4.78, 5) is 14.4.